The van der Waals surface area contributed by atoms with Gasteiger partial charge in [0.1, 0.15) is 12.9 Å². The molecule has 20 heavy (non-hydrogen) atoms. The molecule has 106 valence electrons. The summed E-state index contributed by atoms with van der Waals surface area (Å²) in [5.41, 5.74) is 0.837. The maximum Gasteiger partial charge on any atom is 0.244 e. The van der Waals surface area contributed by atoms with Gasteiger partial charge in [0.25, 0.3) is 0 Å². The predicted molar refractivity (Wildman–Crippen MR) is 75.5 cm³/mol. The quantitative estimate of drug-likeness (QED) is 0.868. The van der Waals surface area contributed by atoms with Gasteiger partial charge in [-0.3, -0.25) is 4.79 Å². The maximum absolute atomic E-state index is 12.1. The number of likely N-dealkylation sites (N-methyl/N-ethyl adjacent to an activating group) is 1. The lowest BCUT2D eigenvalue weighted by Gasteiger charge is -2.26. The molecule has 8 heteroatoms. The van der Waals surface area contributed by atoms with Crippen molar-refractivity contribution >= 4 is 29.1 Å². The van der Waals surface area contributed by atoms with Crippen molar-refractivity contribution in [3.8, 4) is 0 Å². The lowest BCUT2D eigenvalue weighted by Crippen LogP contribution is -2.32. The molecule has 1 atom stereocenters. The largest absolute Gasteiger partial charge is 0.337 e. The van der Waals surface area contributed by atoms with Crippen LogP contribution in [-0.4, -0.2) is 38.1 Å². The van der Waals surface area contributed by atoms with Crippen LogP contribution in [-0.2, 0) is 11.3 Å². The van der Waals surface area contributed by atoms with Gasteiger partial charge in [-0.2, -0.15) is 0 Å². The molecule has 0 aliphatic carbocycles. The molecular formula is C12H13Cl2N5O. The third-order valence-electron chi connectivity index (χ3n) is 3.08. The van der Waals surface area contributed by atoms with Crippen molar-refractivity contribution in [2.45, 2.75) is 19.5 Å². The Balaban J connectivity index is 2.11. The lowest BCUT2D eigenvalue weighted by atomic mass is 10.1. The van der Waals surface area contributed by atoms with Gasteiger partial charge in [0.05, 0.1) is 6.04 Å². The van der Waals surface area contributed by atoms with E-state index >= 15 is 0 Å². The molecule has 0 spiro atoms. The Labute approximate surface area is 126 Å². The number of hydrogen-bond acceptors (Lipinski definition) is 4. The second kappa shape index (κ2) is 6.19. The number of carbonyl (C=O) groups is 1. The zero-order chi connectivity index (χ0) is 14.7. The fourth-order valence-electron chi connectivity index (χ4n) is 1.77. The average molecular weight is 314 g/mol. The molecule has 0 aliphatic heterocycles. The molecule has 1 amide bonds. The Morgan fingerprint density at radius 1 is 1.45 bits per heavy atom. The van der Waals surface area contributed by atoms with E-state index in [0.717, 1.165) is 5.56 Å². The van der Waals surface area contributed by atoms with Crippen molar-refractivity contribution in [3.05, 3.63) is 40.1 Å². The van der Waals surface area contributed by atoms with Crippen molar-refractivity contribution in [1.29, 1.82) is 0 Å². The first-order chi connectivity index (χ1) is 9.49. The predicted octanol–water partition coefficient (Wildman–Crippen LogP) is 2.20. The minimum absolute atomic E-state index is 0.0824. The van der Waals surface area contributed by atoms with E-state index < -0.39 is 0 Å². The topological polar surface area (TPSA) is 63.9 Å². The van der Waals surface area contributed by atoms with Crippen molar-refractivity contribution in [2.75, 3.05) is 7.05 Å². The number of rotatable bonds is 4. The summed E-state index contributed by atoms with van der Waals surface area (Å²) in [6.45, 7) is 1.98. The highest BCUT2D eigenvalue weighted by atomic mass is 35.5. The number of carbonyl (C=O) groups excluding carboxylic acids is 1. The third kappa shape index (κ3) is 3.26. The first-order valence-electron chi connectivity index (χ1n) is 5.90. The summed E-state index contributed by atoms with van der Waals surface area (Å²) in [5.74, 6) is -0.115. The summed E-state index contributed by atoms with van der Waals surface area (Å²) in [6.07, 6.45) is 1.39. The maximum atomic E-state index is 12.1. The number of benzene rings is 1. The van der Waals surface area contributed by atoms with E-state index in [1.54, 1.807) is 24.1 Å². The third-order valence-corrected chi connectivity index (χ3v) is 3.64. The molecule has 0 saturated carbocycles. The Hall–Kier alpha value is -1.66. The molecule has 0 aliphatic rings. The summed E-state index contributed by atoms with van der Waals surface area (Å²) in [4.78, 5) is 13.7. The van der Waals surface area contributed by atoms with E-state index in [2.05, 4.69) is 15.5 Å². The van der Waals surface area contributed by atoms with Gasteiger partial charge < -0.3 is 4.90 Å². The van der Waals surface area contributed by atoms with Crippen LogP contribution in [0, 0.1) is 0 Å². The van der Waals surface area contributed by atoms with Gasteiger partial charge in [0, 0.05) is 17.1 Å². The standard InChI is InChI=1S/C12H13Cl2N5O/c1-8(10-4-3-9(13)5-11(10)14)18(2)12(20)6-19-7-15-16-17-19/h3-5,7-8H,6H2,1-2H3/t8-/m0/s1. The number of halogens is 2. The van der Waals surface area contributed by atoms with Gasteiger partial charge in [-0.1, -0.05) is 29.3 Å². The van der Waals surface area contributed by atoms with E-state index in [0.29, 0.717) is 10.0 Å². The van der Waals surface area contributed by atoms with E-state index in [9.17, 15) is 4.79 Å². The number of amides is 1. The van der Waals surface area contributed by atoms with Crippen LogP contribution in [0.3, 0.4) is 0 Å². The van der Waals surface area contributed by atoms with Gasteiger partial charge >= 0.3 is 0 Å². The molecule has 0 radical (unpaired) electrons. The van der Waals surface area contributed by atoms with Crippen molar-refractivity contribution in [1.82, 2.24) is 25.1 Å². The van der Waals surface area contributed by atoms with Crippen LogP contribution in [0.5, 0.6) is 0 Å². The number of aromatic nitrogens is 4. The van der Waals surface area contributed by atoms with Crippen LogP contribution >= 0.6 is 23.2 Å². The Kier molecular flexibility index (Phi) is 4.57. The van der Waals surface area contributed by atoms with Gasteiger partial charge in [-0.05, 0) is 35.0 Å². The Morgan fingerprint density at radius 2 is 2.20 bits per heavy atom. The Morgan fingerprint density at radius 3 is 2.80 bits per heavy atom. The highest BCUT2D eigenvalue weighted by Crippen LogP contribution is 2.29. The minimum Gasteiger partial charge on any atom is -0.337 e. The molecule has 0 saturated heterocycles. The fraction of sp³-hybridized carbons (Fsp3) is 0.333. The second-order valence-electron chi connectivity index (χ2n) is 4.35. The van der Waals surface area contributed by atoms with E-state index in [1.807, 2.05) is 13.0 Å². The van der Waals surface area contributed by atoms with Crippen LogP contribution in [0.4, 0.5) is 0 Å². The molecule has 1 aromatic heterocycles. The molecular weight excluding hydrogens is 301 g/mol. The molecule has 0 unspecified atom stereocenters. The summed E-state index contributed by atoms with van der Waals surface area (Å²) in [6, 6.07) is 5.05. The number of tetrazole rings is 1. The van der Waals surface area contributed by atoms with Gasteiger partial charge in [0.2, 0.25) is 5.91 Å². The first kappa shape index (κ1) is 14.7. The van der Waals surface area contributed by atoms with Crippen LogP contribution in [0.1, 0.15) is 18.5 Å². The van der Waals surface area contributed by atoms with Gasteiger partial charge in [-0.25, -0.2) is 4.68 Å². The van der Waals surface area contributed by atoms with Crippen LogP contribution in [0.25, 0.3) is 0 Å². The minimum atomic E-state index is -0.177. The fourth-order valence-corrected chi connectivity index (χ4v) is 2.33. The number of nitrogens with zero attached hydrogens (tertiary/aromatic N) is 5. The van der Waals surface area contributed by atoms with Crippen LogP contribution < -0.4 is 0 Å². The van der Waals surface area contributed by atoms with E-state index in [-0.39, 0.29) is 18.5 Å². The molecule has 0 bridgehead atoms. The van der Waals surface area contributed by atoms with E-state index in [4.69, 9.17) is 23.2 Å². The molecule has 1 heterocycles. The van der Waals surface area contributed by atoms with Crippen LogP contribution in [0.2, 0.25) is 10.0 Å². The van der Waals surface area contributed by atoms with Crippen molar-refractivity contribution in [2.24, 2.45) is 0 Å². The highest BCUT2D eigenvalue weighted by Gasteiger charge is 2.20. The summed E-state index contributed by atoms with van der Waals surface area (Å²) < 4.78 is 1.37. The Bertz CT molecular complexity index is 602. The van der Waals surface area contributed by atoms with Gasteiger partial charge in [-0.15, -0.1) is 5.10 Å². The zero-order valence-corrected chi connectivity index (χ0v) is 12.5. The number of hydrogen-bond donors (Lipinski definition) is 0. The normalized spacial score (nSPS) is 12.2. The molecule has 6 nitrogen and oxygen atoms in total. The molecule has 2 rings (SSSR count). The lowest BCUT2D eigenvalue weighted by molar-refractivity contribution is -0.132. The monoisotopic (exact) mass is 313 g/mol. The first-order valence-corrected chi connectivity index (χ1v) is 6.66. The molecule has 0 fully saturated rings. The van der Waals surface area contributed by atoms with Crippen molar-refractivity contribution < 1.29 is 4.79 Å². The summed E-state index contributed by atoms with van der Waals surface area (Å²) in [7, 11) is 1.71. The van der Waals surface area contributed by atoms with Gasteiger partial charge in [0.15, 0.2) is 0 Å². The summed E-state index contributed by atoms with van der Waals surface area (Å²) >= 11 is 12.0. The second-order valence-corrected chi connectivity index (χ2v) is 5.20. The van der Waals surface area contributed by atoms with Crippen molar-refractivity contribution in [3.63, 3.8) is 0 Å². The van der Waals surface area contributed by atoms with Crippen LogP contribution in [0.15, 0.2) is 24.5 Å². The smallest absolute Gasteiger partial charge is 0.244 e. The SMILES string of the molecule is C[C@@H](c1ccc(Cl)cc1Cl)N(C)C(=O)Cn1cnnn1. The molecule has 1 aromatic carbocycles. The average Bonchev–Trinajstić information content (AvgIpc) is 2.90. The zero-order valence-electron chi connectivity index (χ0n) is 11.0. The highest BCUT2D eigenvalue weighted by molar-refractivity contribution is 6.35. The molecule has 0 N–H and O–H groups in total. The summed E-state index contributed by atoms with van der Waals surface area (Å²) in [5, 5.41) is 11.7. The van der Waals surface area contributed by atoms with E-state index in [1.165, 1.54) is 11.0 Å². The molecule has 2 aromatic rings.